The number of benzene rings is 2. The van der Waals surface area contributed by atoms with Crippen LogP contribution in [0.5, 0.6) is 0 Å². The SMILES string of the molecule is O=C(CNC(=O)C1(c2ccccc2)CCC1)N1CCN(c2ccc(Cl)cc2)CC1. The summed E-state index contributed by atoms with van der Waals surface area (Å²) >= 11 is 5.96. The van der Waals surface area contributed by atoms with Crippen LogP contribution in [0.25, 0.3) is 0 Å². The number of carbonyl (C=O) groups excluding carboxylic acids is 2. The molecule has 2 amide bonds. The minimum Gasteiger partial charge on any atom is -0.368 e. The molecule has 0 atom stereocenters. The molecule has 0 bridgehead atoms. The van der Waals surface area contributed by atoms with Crippen molar-refractivity contribution in [1.29, 1.82) is 0 Å². The van der Waals surface area contributed by atoms with Gasteiger partial charge in [0, 0.05) is 36.9 Å². The van der Waals surface area contributed by atoms with Gasteiger partial charge in [0.1, 0.15) is 0 Å². The van der Waals surface area contributed by atoms with Gasteiger partial charge in [-0.25, -0.2) is 0 Å². The normalized spacial score (nSPS) is 18.1. The van der Waals surface area contributed by atoms with Gasteiger partial charge in [0.25, 0.3) is 0 Å². The topological polar surface area (TPSA) is 52.7 Å². The molecule has 1 N–H and O–H groups in total. The molecular weight excluding hydrogens is 386 g/mol. The van der Waals surface area contributed by atoms with E-state index in [1.807, 2.05) is 59.5 Å². The molecule has 1 saturated carbocycles. The average Bonchev–Trinajstić information content (AvgIpc) is 2.73. The molecule has 152 valence electrons. The first-order valence-electron chi connectivity index (χ1n) is 10.2. The van der Waals surface area contributed by atoms with E-state index in [-0.39, 0.29) is 18.4 Å². The molecule has 6 heteroatoms. The molecule has 1 aliphatic carbocycles. The smallest absolute Gasteiger partial charge is 0.242 e. The fourth-order valence-electron chi connectivity index (χ4n) is 4.24. The molecule has 4 rings (SSSR count). The van der Waals surface area contributed by atoms with Gasteiger partial charge in [-0.05, 0) is 42.7 Å². The first-order chi connectivity index (χ1) is 14.1. The molecular formula is C23H26ClN3O2. The van der Waals surface area contributed by atoms with Crippen molar-refractivity contribution in [2.24, 2.45) is 0 Å². The van der Waals surface area contributed by atoms with Crippen LogP contribution in [0.4, 0.5) is 5.69 Å². The van der Waals surface area contributed by atoms with Crippen molar-refractivity contribution in [3.8, 4) is 0 Å². The largest absolute Gasteiger partial charge is 0.368 e. The Morgan fingerprint density at radius 3 is 2.17 bits per heavy atom. The van der Waals surface area contributed by atoms with Gasteiger partial charge < -0.3 is 15.1 Å². The van der Waals surface area contributed by atoms with Crippen molar-refractivity contribution in [3.05, 3.63) is 65.2 Å². The highest BCUT2D eigenvalue weighted by atomic mass is 35.5. The Kier molecular flexibility index (Phi) is 5.76. The molecule has 2 aromatic carbocycles. The third kappa shape index (κ3) is 4.10. The van der Waals surface area contributed by atoms with Crippen molar-refractivity contribution >= 4 is 29.1 Å². The minimum absolute atomic E-state index is 0.0170. The third-order valence-corrected chi connectivity index (χ3v) is 6.44. The van der Waals surface area contributed by atoms with Gasteiger partial charge in [-0.1, -0.05) is 48.4 Å². The van der Waals surface area contributed by atoms with E-state index in [4.69, 9.17) is 11.6 Å². The maximum Gasteiger partial charge on any atom is 0.242 e. The van der Waals surface area contributed by atoms with Crippen LogP contribution in [0.15, 0.2) is 54.6 Å². The molecule has 1 saturated heterocycles. The number of anilines is 1. The van der Waals surface area contributed by atoms with E-state index < -0.39 is 5.41 Å². The number of piperazine rings is 1. The first-order valence-corrected chi connectivity index (χ1v) is 10.6. The summed E-state index contributed by atoms with van der Waals surface area (Å²) in [6, 6.07) is 17.7. The van der Waals surface area contributed by atoms with Crippen LogP contribution in [0, 0.1) is 0 Å². The molecule has 29 heavy (non-hydrogen) atoms. The van der Waals surface area contributed by atoms with Crippen LogP contribution in [0.1, 0.15) is 24.8 Å². The van der Waals surface area contributed by atoms with Crippen LogP contribution in [0.2, 0.25) is 5.02 Å². The molecule has 0 spiro atoms. The quantitative estimate of drug-likeness (QED) is 0.821. The summed E-state index contributed by atoms with van der Waals surface area (Å²) in [5.74, 6) is -0.0419. The van der Waals surface area contributed by atoms with Gasteiger partial charge in [-0.3, -0.25) is 9.59 Å². The second-order valence-corrected chi connectivity index (χ2v) is 8.27. The monoisotopic (exact) mass is 411 g/mol. The highest BCUT2D eigenvalue weighted by Gasteiger charge is 2.45. The molecule has 1 aliphatic heterocycles. The second kappa shape index (κ2) is 8.46. The van der Waals surface area contributed by atoms with Gasteiger partial charge in [0.05, 0.1) is 12.0 Å². The number of amides is 2. The average molecular weight is 412 g/mol. The van der Waals surface area contributed by atoms with E-state index >= 15 is 0 Å². The van der Waals surface area contributed by atoms with Crippen LogP contribution in [0.3, 0.4) is 0 Å². The molecule has 2 aliphatic rings. The lowest BCUT2D eigenvalue weighted by atomic mass is 9.64. The Morgan fingerprint density at radius 1 is 0.931 bits per heavy atom. The van der Waals surface area contributed by atoms with Crippen LogP contribution in [-0.2, 0) is 15.0 Å². The van der Waals surface area contributed by atoms with Gasteiger partial charge in [0.2, 0.25) is 11.8 Å². The Bertz CT molecular complexity index is 857. The number of nitrogens with zero attached hydrogens (tertiary/aromatic N) is 2. The Balaban J connectivity index is 1.29. The number of rotatable bonds is 5. The van der Waals surface area contributed by atoms with Crippen molar-refractivity contribution in [1.82, 2.24) is 10.2 Å². The highest BCUT2D eigenvalue weighted by molar-refractivity contribution is 6.30. The predicted molar refractivity (Wildman–Crippen MR) is 115 cm³/mol. The van der Waals surface area contributed by atoms with Crippen molar-refractivity contribution in [3.63, 3.8) is 0 Å². The zero-order valence-electron chi connectivity index (χ0n) is 16.4. The zero-order valence-corrected chi connectivity index (χ0v) is 17.2. The number of carbonyl (C=O) groups is 2. The zero-order chi connectivity index (χ0) is 20.3. The maximum atomic E-state index is 12.9. The number of halogens is 1. The van der Waals surface area contributed by atoms with Gasteiger partial charge in [-0.2, -0.15) is 0 Å². The van der Waals surface area contributed by atoms with E-state index in [2.05, 4.69) is 10.2 Å². The summed E-state index contributed by atoms with van der Waals surface area (Å²) in [6.07, 6.45) is 2.73. The van der Waals surface area contributed by atoms with Crippen LogP contribution in [-0.4, -0.2) is 49.4 Å². The van der Waals surface area contributed by atoms with Crippen LogP contribution >= 0.6 is 11.6 Å². The summed E-state index contributed by atoms with van der Waals surface area (Å²) < 4.78 is 0. The highest BCUT2D eigenvalue weighted by Crippen LogP contribution is 2.43. The number of hydrogen-bond acceptors (Lipinski definition) is 3. The van der Waals surface area contributed by atoms with Gasteiger partial charge >= 0.3 is 0 Å². The second-order valence-electron chi connectivity index (χ2n) is 7.83. The number of hydrogen-bond donors (Lipinski definition) is 1. The summed E-state index contributed by atoms with van der Waals surface area (Å²) in [5.41, 5.74) is 1.70. The fourth-order valence-corrected chi connectivity index (χ4v) is 4.36. The van der Waals surface area contributed by atoms with Crippen molar-refractivity contribution in [2.75, 3.05) is 37.6 Å². The molecule has 1 heterocycles. The minimum atomic E-state index is -0.463. The van der Waals surface area contributed by atoms with E-state index in [9.17, 15) is 9.59 Å². The standard InChI is InChI=1S/C23H26ClN3O2/c24-19-7-9-20(10-8-19)26-13-15-27(16-14-26)21(28)17-25-22(29)23(11-4-12-23)18-5-2-1-3-6-18/h1-3,5-10H,4,11-17H2,(H,25,29). The lowest BCUT2D eigenvalue weighted by Gasteiger charge is -2.41. The Labute approximate surface area is 176 Å². The molecule has 0 aromatic heterocycles. The van der Waals surface area contributed by atoms with E-state index in [0.717, 1.165) is 48.6 Å². The van der Waals surface area contributed by atoms with Gasteiger partial charge in [0.15, 0.2) is 0 Å². The predicted octanol–water partition coefficient (Wildman–Crippen LogP) is 3.23. The first kappa shape index (κ1) is 19.8. The molecule has 0 radical (unpaired) electrons. The summed E-state index contributed by atoms with van der Waals surface area (Å²) in [6.45, 7) is 2.92. The Hall–Kier alpha value is -2.53. The van der Waals surface area contributed by atoms with Crippen LogP contribution < -0.4 is 10.2 Å². The lowest BCUT2D eigenvalue weighted by Crippen LogP contribution is -2.54. The maximum absolute atomic E-state index is 12.9. The molecule has 0 unspecified atom stereocenters. The molecule has 5 nitrogen and oxygen atoms in total. The fraction of sp³-hybridized carbons (Fsp3) is 0.391. The van der Waals surface area contributed by atoms with Crippen molar-refractivity contribution < 1.29 is 9.59 Å². The summed E-state index contributed by atoms with van der Waals surface area (Å²) in [5, 5.41) is 3.63. The Morgan fingerprint density at radius 2 is 1.59 bits per heavy atom. The van der Waals surface area contributed by atoms with E-state index in [0.29, 0.717) is 13.1 Å². The van der Waals surface area contributed by atoms with E-state index in [1.165, 1.54) is 0 Å². The van der Waals surface area contributed by atoms with E-state index in [1.54, 1.807) is 0 Å². The summed E-state index contributed by atoms with van der Waals surface area (Å²) in [4.78, 5) is 29.6. The number of nitrogens with one attached hydrogen (secondary N) is 1. The third-order valence-electron chi connectivity index (χ3n) is 6.19. The lowest BCUT2D eigenvalue weighted by molar-refractivity contribution is -0.136. The molecule has 2 fully saturated rings. The summed E-state index contributed by atoms with van der Waals surface area (Å²) in [7, 11) is 0. The molecule has 2 aromatic rings. The van der Waals surface area contributed by atoms with Crippen molar-refractivity contribution in [2.45, 2.75) is 24.7 Å². The van der Waals surface area contributed by atoms with Gasteiger partial charge in [-0.15, -0.1) is 0 Å².